The lowest BCUT2D eigenvalue weighted by Gasteiger charge is -2.19. The van der Waals surface area contributed by atoms with E-state index in [4.69, 9.17) is 9.47 Å². The molecule has 1 rings (SSSR count). The van der Waals surface area contributed by atoms with Gasteiger partial charge in [0, 0.05) is 12.1 Å². The Morgan fingerprint density at radius 1 is 1.28 bits per heavy atom. The third kappa shape index (κ3) is 5.19. The molecule has 1 N–H and O–H groups in total. The highest BCUT2D eigenvalue weighted by Gasteiger charge is 2.15. The van der Waals surface area contributed by atoms with Gasteiger partial charge in [0.15, 0.2) is 0 Å². The van der Waals surface area contributed by atoms with E-state index in [2.05, 4.69) is 5.32 Å². The maximum atomic E-state index is 11.5. The van der Waals surface area contributed by atoms with Gasteiger partial charge in [-0.15, -0.1) is 0 Å². The van der Waals surface area contributed by atoms with E-state index in [1.807, 2.05) is 45.0 Å². The summed E-state index contributed by atoms with van der Waals surface area (Å²) in [6, 6.07) is 7.70. The maximum absolute atomic E-state index is 11.5. The van der Waals surface area contributed by atoms with Gasteiger partial charge in [0.25, 0.3) is 0 Å². The lowest BCUT2D eigenvalue weighted by Crippen LogP contribution is -2.31. The molecule has 0 aliphatic rings. The number of carbonyl (C=O) groups excluding carboxylic acids is 1. The van der Waals surface area contributed by atoms with E-state index in [1.165, 1.54) is 0 Å². The molecule has 0 aliphatic heterocycles. The van der Waals surface area contributed by atoms with Crippen molar-refractivity contribution in [3.63, 3.8) is 0 Å². The molecule has 0 fully saturated rings. The van der Waals surface area contributed by atoms with Crippen LogP contribution in [-0.4, -0.2) is 25.2 Å². The molecular formula is C14H21NO3. The zero-order valence-corrected chi connectivity index (χ0v) is 11.4. The van der Waals surface area contributed by atoms with Gasteiger partial charge in [-0.3, -0.25) is 4.79 Å². The second-order valence-corrected chi connectivity index (χ2v) is 5.00. The lowest BCUT2D eigenvalue weighted by molar-refractivity contribution is -0.153. The average molecular weight is 251 g/mol. The van der Waals surface area contributed by atoms with Gasteiger partial charge in [0.05, 0.1) is 13.7 Å². The van der Waals surface area contributed by atoms with Crippen LogP contribution in [0.2, 0.25) is 0 Å². The normalized spacial score (nSPS) is 11.1. The van der Waals surface area contributed by atoms with Crippen molar-refractivity contribution in [2.45, 2.75) is 32.9 Å². The Kier molecular flexibility index (Phi) is 5.16. The van der Waals surface area contributed by atoms with Crippen molar-refractivity contribution in [2.75, 3.05) is 13.7 Å². The largest absolute Gasteiger partial charge is 0.496 e. The number of ether oxygens (including phenoxy) is 2. The predicted molar refractivity (Wildman–Crippen MR) is 70.5 cm³/mol. The van der Waals surface area contributed by atoms with Crippen molar-refractivity contribution in [3.8, 4) is 5.75 Å². The van der Waals surface area contributed by atoms with Gasteiger partial charge in [-0.1, -0.05) is 18.2 Å². The van der Waals surface area contributed by atoms with Crippen molar-refractivity contribution in [1.29, 1.82) is 0 Å². The smallest absolute Gasteiger partial charge is 0.320 e. The van der Waals surface area contributed by atoms with Gasteiger partial charge in [0.1, 0.15) is 11.4 Å². The van der Waals surface area contributed by atoms with E-state index < -0.39 is 5.60 Å². The Morgan fingerprint density at radius 3 is 2.56 bits per heavy atom. The standard InChI is InChI=1S/C14H21NO3/c1-14(2,3)18-13(16)10-15-9-11-7-5-6-8-12(11)17-4/h5-8,15H,9-10H2,1-4H3. The Balaban J connectivity index is 2.40. The Morgan fingerprint density at radius 2 is 1.94 bits per heavy atom. The number of benzene rings is 1. The van der Waals surface area contributed by atoms with Crippen molar-refractivity contribution < 1.29 is 14.3 Å². The fraction of sp³-hybridized carbons (Fsp3) is 0.500. The number of rotatable bonds is 5. The molecule has 1 aromatic carbocycles. The summed E-state index contributed by atoms with van der Waals surface area (Å²) < 4.78 is 10.4. The number of para-hydroxylation sites is 1. The summed E-state index contributed by atoms with van der Waals surface area (Å²) >= 11 is 0. The molecule has 0 aromatic heterocycles. The van der Waals surface area contributed by atoms with E-state index in [0.29, 0.717) is 6.54 Å². The quantitative estimate of drug-likeness (QED) is 0.814. The molecule has 0 aliphatic carbocycles. The van der Waals surface area contributed by atoms with Gasteiger partial charge in [0.2, 0.25) is 0 Å². The van der Waals surface area contributed by atoms with E-state index in [-0.39, 0.29) is 12.5 Å². The molecule has 0 saturated carbocycles. The van der Waals surface area contributed by atoms with Crippen molar-refractivity contribution in [2.24, 2.45) is 0 Å². The Bertz CT molecular complexity index is 396. The predicted octanol–water partition coefficient (Wildman–Crippen LogP) is 2.13. The second kappa shape index (κ2) is 6.40. The minimum Gasteiger partial charge on any atom is -0.496 e. The van der Waals surface area contributed by atoms with Crippen LogP contribution in [0.4, 0.5) is 0 Å². The highest BCUT2D eigenvalue weighted by Crippen LogP contribution is 2.16. The summed E-state index contributed by atoms with van der Waals surface area (Å²) in [6.45, 7) is 6.32. The first kappa shape index (κ1) is 14.5. The van der Waals surface area contributed by atoms with E-state index in [1.54, 1.807) is 7.11 Å². The maximum Gasteiger partial charge on any atom is 0.320 e. The summed E-state index contributed by atoms with van der Waals surface area (Å²) in [7, 11) is 1.63. The minimum atomic E-state index is -0.441. The summed E-state index contributed by atoms with van der Waals surface area (Å²) in [5, 5.41) is 3.04. The molecule has 0 bridgehead atoms. The highest BCUT2D eigenvalue weighted by molar-refractivity contribution is 5.72. The number of nitrogens with one attached hydrogen (secondary N) is 1. The number of esters is 1. The summed E-state index contributed by atoms with van der Waals surface area (Å²) in [4.78, 5) is 11.5. The van der Waals surface area contributed by atoms with Crippen molar-refractivity contribution in [1.82, 2.24) is 5.32 Å². The topological polar surface area (TPSA) is 47.6 Å². The molecule has 0 unspecified atom stereocenters. The SMILES string of the molecule is COc1ccccc1CNCC(=O)OC(C)(C)C. The van der Waals surface area contributed by atoms with Gasteiger partial charge in [-0.25, -0.2) is 0 Å². The first-order valence-corrected chi connectivity index (χ1v) is 5.97. The van der Waals surface area contributed by atoms with Gasteiger partial charge < -0.3 is 14.8 Å². The van der Waals surface area contributed by atoms with E-state index >= 15 is 0 Å². The molecule has 0 saturated heterocycles. The Hall–Kier alpha value is -1.55. The van der Waals surface area contributed by atoms with Crippen molar-refractivity contribution >= 4 is 5.97 Å². The third-order valence-corrected chi connectivity index (χ3v) is 2.20. The zero-order valence-electron chi connectivity index (χ0n) is 11.4. The van der Waals surface area contributed by atoms with Gasteiger partial charge >= 0.3 is 5.97 Å². The molecule has 4 heteroatoms. The van der Waals surface area contributed by atoms with Gasteiger partial charge in [-0.2, -0.15) is 0 Å². The number of hydrogen-bond donors (Lipinski definition) is 1. The van der Waals surface area contributed by atoms with Crippen LogP contribution in [0.5, 0.6) is 5.75 Å². The molecular weight excluding hydrogens is 230 g/mol. The first-order valence-electron chi connectivity index (χ1n) is 5.97. The Labute approximate surface area is 108 Å². The van der Waals surface area contributed by atoms with Crippen LogP contribution in [0.25, 0.3) is 0 Å². The van der Waals surface area contributed by atoms with E-state index in [0.717, 1.165) is 11.3 Å². The first-order chi connectivity index (χ1) is 8.42. The summed E-state index contributed by atoms with van der Waals surface area (Å²) in [5.74, 6) is 0.562. The number of hydrogen-bond acceptors (Lipinski definition) is 4. The molecule has 0 radical (unpaired) electrons. The molecule has 0 amide bonds. The fourth-order valence-electron chi connectivity index (χ4n) is 1.53. The monoisotopic (exact) mass is 251 g/mol. The zero-order chi connectivity index (χ0) is 13.6. The molecule has 1 aromatic rings. The number of methoxy groups -OCH3 is 1. The lowest BCUT2D eigenvalue weighted by atomic mass is 10.2. The van der Waals surface area contributed by atoms with Crippen LogP contribution >= 0.6 is 0 Å². The molecule has 100 valence electrons. The molecule has 0 spiro atoms. The summed E-state index contributed by atoms with van der Waals surface area (Å²) in [5.41, 5.74) is 0.576. The average Bonchev–Trinajstić information content (AvgIpc) is 2.27. The highest BCUT2D eigenvalue weighted by atomic mass is 16.6. The van der Waals surface area contributed by atoms with Crippen LogP contribution in [0.15, 0.2) is 24.3 Å². The van der Waals surface area contributed by atoms with Crippen LogP contribution in [-0.2, 0) is 16.1 Å². The molecule has 0 atom stereocenters. The number of carbonyl (C=O) groups is 1. The minimum absolute atomic E-state index is 0.190. The van der Waals surface area contributed by atoms with Crippen LogP contribution < -0.4 is 10.1 Å². The summed E-state index contributed by atoms with van der Waals surface area (Å²) in [6.07, 6.45) is 0. The van der Waals surface area contributed by atoms with Crippen molar-refractivity contribution in [3.05, 3.63) is 29.8 Å². The van der Waals surface area contributed by atoms with Crippen LogP contribution in [0, 0.1) is 0 Å². The fourth-order valence-corrected chi connectivity index (χ4v) is 1.53. The molecule has 18 heavy (non-hydrogen) atoms. The molecule has 0 heterocycles. The third-order valence-electron chi connectivity index (χ3n) is 2.20. The van der Waals surface area contributed by atoms with Gasteiger partial charge in [-0.05, 0) is 26.8 Å². The van der Waals surface area contributed by atoms with Crippen LogP contribution in [0.1, 0.15) is 26.3 Å². The second-order valence-electron chi connectivity index (χ2n) is 5.00. The molecule has 4 nitrogen and oxygen atoms in total. The van der Waals surface area contributed by atoms with Crippen LogP contribution in [0.3, 0.4) is 0 Å². The van der Waals surface area contributed by atoms with E-state index in [9.17, 15) is 4.79 Å².